The van der Waals surface area contributed by atoms with Crippen LogP contribution in [0.2, 0.25) is 0 Å². The van der Waals surface area contributed by atoms with Gasteiger partial charge in [0.15, 0.2) is 0 Å². The molecule has 1 saturated carbocycles. The Kier molecular flexibility index (Phi) is 3.74. The molecule has 4 rings (SSSR count). The van der Waals surface area contributed by atoms with Gasteiger partial charge in [0.25, 0.3) is 0 Å². The third-order valence-electron chi connectivity index (χ3n) is 5.72. The molecule has 0 radical (unpaired) electrons. The maximum absolute atomic E-state index is 12.6. The van der Waals surface area contributed by atoms with Crippen LogP contribution < -0.4 is 5.32 Å². The van der Waals surface area contributed by atoms with Gasteiger partial charge in [-0.2, -0.15) is 0 Å². The zero-order valence-corrected chi connectivity index (χ0v) is 14.4. The number of rotatable bonds is 4. The van der Waals surface area contributed by atoms with Gasteiger partial charge in [0, 0.05) is 5.69 Å². The van der Waals surface area contributed by atoms with Crippen LogP contribution in [0.25, 0.3) is 0 Å². The smallest absolute Gasteiger partial charge is 0.244 e. The number of nitrogens with zero attached hydrogens (tertiary/aromatic N) is 1. The van der Waals surface area contributed by atoms with Gasteiger partial charge in [0.05, 0.1) is 11.8 Å². The Morgan fingerprint density at radius 3 is 2.16 bits per heavy atom. The van der Waals surface area contributed by atoms with Gasteiger partial charge in [-0.05, 0) is 41.9 Å². The van der Waals surface area contributed by atoms with Crippen LogP contribution in [0.5, 0.6) is 0 Å². The van der Waals surface area contributed by atoms with Crippen LogP contribution >= 0.6 is 0 Å². The summed E-state index contributed by atoms with van der Waals surface area (Å²) in [5, 5.41) is 2.78. The first-order valence-electron chi connectivity index (χ1n) is 8.89. The predicted octanol–water partition coefficient (Wildman–Crippen LogP) is 2.56. The highest BCUT2D eigenvalue weighted by Gasteiger charge is 2.59. The summed E-state index contributed by atoms with van der Waals surface area (Å²) in [6.07, 6.45) is 5.00. The number of anilines is 1. The number of nitrogens with one attached hydrogen (secondary N) is 1. The van der Waals surface area contributed by atoms with E-state index in [0.717, 1.165) is 11.3 Å². The van der Waals surface area contributed by atoms with E-state index in [0.29, 0.717) is 11.6 Å². The molecule has 1 N–H and O–H groups in total. The molecule has 0 unspecified atom stereocenters. The van der Waals surface area contributed by atoms with Crippen molar-refractivity contribution in [3.63, 3.8) is 0 Å². The molecule has 5 heteroatoms. The Labute approximate surface area is 147 Å². The number of hydrogen-bond donors (Lipinski definition) is 1. The predicted molar refractivity (Wildman–Crippen MR) is 93.6 cm³/mol. The second-order valence-electron chi connectivity index (χ2n) is 7.59. The number of hydrogen-bond acceptors (Lipinski definition) is 3. The number of carbonyl (C=O) groups is 3. The van der Waals surface area contributed by atoms with E-state index in [-0.39, 0.29) is 47.9 Å². The van der Waals surface area contributed by atoms with E-state index >= 15 is 0 Å². The summed E-state index contributed by atoms with van der Waals surface area (Å²) in [6, 6.07) is 7.64. The highest BCUT2D eigenvalue weighted by molar-refractivity contribution is 6.09. The maximum Gasteiger partial charge on any atom is 0.244 e. The topological polar surface area (TPSA) is 66.5 Å². The van der Waals surface area contributed by atoms with Crippen molar-refractivity contribution in [2.75, 3.05) is 11.9 Å². The van der Waals surface area contributed by atoms with Gasteiger partial charge < -0.3 is 5.32 Å². The van der Waals surface area contributed by atoms with Crippen molar-refractivity contribution >= 4 is 23.4 Å². The number of imide groups is 1. The molecule has 1 aromatic carbocycles. The fourth-order valence-corrected chi connectivity index (χ4v) is 4.42. The fraction of sp³-hybridized carbons (Fsp3) is 0.450. The van der Waals surface area contributed by atoms with E-state index in [9.17, 15) is 14.4 Å². The molecule has 2 fully saturated rings. The Morgan fingerprint density at radius 2 is 1.64 bits per heavy atom. The Balaban J connectivity index is 1.41. The number of allylic oxidation sites excluding steroid dienone is 2. The summed E-state index contributed by atoms with van der Waals surface area (Å²) in [5.41, 5.74) is 1.87. The van der Waals surface area contributed by atoms with Crippen LogP contribution in [0.15, 0.2) is 36.4 Å². The highest BCUT2D eigenvalue weighted by Crippen LogP contribution is 2.52. The van der Waals surface area contributed by atoms with Crippen molar-refractivity contribution in [2.45, 2.75) is 26.2 Å². The van der Waals surface area contributed by atoms with Gasteiger partial charge in [0.2, 0.25) is 17.7 Å². The lowest BCUT2D eigenvalue weighted by Gasteiger charge is -2.17. The van der Waals surface area contributed by atoms with Crippen LogP contribution in [0, 0.1) is 23.7 Å². The molecular formula is C20H22N2O3. The van der Waals surface area contributed by atoms with Crippen molar-refractivity contribution in [1.82, 2.24) is 4.90 Å². The lowest BCUT2D eigenvalue weighted by atomic mass is 9.85. The minimum atomic E-state index is -0.334. The summed E-state index contributed by atoms with van der Waals surface area (Å²) in [4.78, 5) is 38.6. The number of fused-ring (bicyclic) bond motifs is 5. The molecule has 25 heavy (non-hydrogen) atoms. The van der Waals surface area contributed by atoms with Crippen LogP contribution in [0.4, 0.5) is 5.69 Å². The Bertz CT molecular complexity index is 736. The summed E-state index contributed by atoms with van der Waals surface area (Å²) < 4.78 is 0. The highest BCUT2D eigenvalue weighted by atomic mass is 16.2. The van der Waals surface area contributed by atoms with Gasteiger partial charge in [-0.15, -0.1) is 0 Å². The number of benzene rings is 1. The van der Waals surface area contributed by atoms with Gasteiger partial charge in [-0.25, -0.2) is 0 Å². The Hall–Kier alpha value is -2.43. The van der Waals surface area contributed by atoms with Gasteiger partial charge >= 0.3 is 0 Å². The quantitative estimate of drug-likeness (QED) is 0.678. The van der Waals surface area contributed by atoms with Crippen LogP contribution in [-0.2, 0) is 14.4 Å². The summed E-state index contributed by atoms with van der Waals surface area (Å²) in [5.74, 6) is -0.436. The summed E-state index contributed by atoms with van der Waals surface area (Å²) >= 11 is 0. The normalized spacial score (nSPS) is 29.6. The van der Waals surface area contributed by atoms with Gasteiger partial charge in [-0.3, -0.25) is 19.3 Å². The monoisotopic (exact) mass is 338 g/mol. The molecule has 1 saturated heterocycles. The molecule has 130 valence electrons. The molecule has 2 aliphatic carbocycles. The zero-order chi connectivity index (χ0) is 17.7. The molecule has 1 aliphatic heterocycles. The molecule has 3 aliphatic rings. The largest absolute Gasteiger partial charge is 0.325 e. The van der Waals surface area contributed by atoms with Crippen LogP contribution in [0.3, 0.4) is 0 Å². The van der Waals surface area contributed by atoms with Crippen molar-refractivity contribution in [3.8, 4) is 0 Å². The third-order valence-corrected chi connectivity index (χ3v) is 5.72. The van der Waals surface area contributed by atoms with Crippen LogP contribution in [0.1, 0.15) is 31.7 Å². The molecule has 0 aromatic heterocycles. The minimum absolute atomic E-state index is 0.170. The first-order valence-corrected chi connectivity index (χ1v) is 8.89. The molecular weight excluding hydrogens is 316 g/mol. The molecule has 1 aromatic rings. The summed E-state index contributed by atoms with van der Waals surface area (Å²) in [6.45, 7) is 4.02. The molecule has 2 bridgehead atoms. The molecule has 3 amide bonds. The lowest BCUT2D eigenvalue weighted by molar-refractivity contribution is -0.143. The number of likely N-dealkylation sites (tertiary alicyclic amines) is 1. The molecule has 4 atom stereocenters. The summed E-state index contributed by atoms with van der Waals surface area (Å²) in [7, 11) is 0. The lowest BCUT2D eigenvalue weighted by Crippen LogP contribution is -2.39. The van der Waals surface area contributed by atoms with E-state index in [1.54, 1.807) is 0 Å². The average molecular weight is 338 g/mol. The van der Waals surface area contributed by atoms with E-state index in [2.05, 4.69) is 31.3 Å². The van der Waals surface area contributed by atoms with E-state index in [1.807, 2.05) is 24.3 Å². The molecule has 5 nitrogen and oxygen atoms in total. The van der Waals surface area contributed by atoms with E-state index in [4.69, 9.17) is 0 Å². The SMILES string of the molecule is CC(C)c1ccc(NC(=O)CN2C(=O)[C@@H]3[C@@H](C2=O)[C@H]2C=C[C@H]3C2)cc1. The third kappa shape index (κ3) is 2.58. The average Bonchev–Trinajstić information content (AvgIpc) is 3.25. The van der Waals surface area contributed by atoms with Crippen molar-refractivity contribution in [1.29, 1.82) is 0 Å². The molecule has 0 spiro atoms. The van der Waals surface area contributed by atoms with Crippen molar-refractivity contribution in [3.05, 3.63) is 42.0 Å². The Morgan fingerprint density at radius 1 is 1.08 bits per heavy atom. The minimum Gasteiger partial charge on any atom is -0.325 e. The standard InChI is InChI=1S/C20H22N2O3/c1-11(2)12-5-7-15(8-6-12)21-16(23)10-22-19(24)17-13-3-4-14(9-13)18(17)20(22)25/h3-8,11,13-14,17-18H,9-10H2,1-2H3,(H,21,23)/t13-,14-,17-,18-/m0/s1. The van der Waals surface area contributed by atoms with E-state index < -0.39 is 0 Å². The second kappa shape index (κ2) is 5.83. The van der Waals surface area contributed by atoms with Gasteiger partial charge in [0.1, 0.15) is 6.54 Å². The molecule has 1 heterocycles. The van der Waals surface area contributed by atoms with Crippen molar-refractivity contribution in [2.24, 2.45) is 23.7 Å². The number of carbonyl (C=O) groups excluding carboxylic acids is 3. The zero-order valence-electron chi connectivity index (χ0n) is 14.4. The first kappa shape index (κ1) is 16.1. The van der Waals surface area contributed by atoms with Gasteiger partial charge in [-0.1, -0.05) is 38.1 Å². The number of amides is 3. The fourth-order valence-electron chi connectivity index (χ4n) is 4.42. The second-order valence-corrected chi connectivity index (χ2v) is 7.59. The van der Waals surface area contributed by atoms with Crippen molar-refractivity contribution < 1.29 is 14.4 Å². The first-order chi connectivity index (χ1) is 12.0. The van der Waals surface area contributed by atoms with E-state index in [1.165, 1.54) is 5.56 Å². The van der Waals surface area contributed by atoms with Crippen LogP contribution in [-0.4, -0.2) is 29.2 Å². The maximum atomic E-state index is 12.6.